The van der Waals surface area contributed by atoms with Crippen molar-refractivity contribution < 1.29 is 0 Å². The molecule has 1 aliphatic rings. The first-order valence-corrected chi connectivity index (χ1v) is 7.28. The second-order valence-electron chi connectivity index (χ2n) is 5.33. The summed E-state index contributed by atoms with van der Waals surface area (Å²) in [5.74, 6) is 1.62. The van der Waals surface area contributed by atoms with Crippen LogP contribution in [0.25, 0.3) is 0 Å². The van der Waals surface area contributed by atoms with Gasteiger partial charge in [-0.2, -0.15) is 5.26 Å². The summed E-state index contributed by atoms with van der Waals surface area (Å²) in [6.45, 7) is 3.98. The third-order valence-electron chi connectivity index (χ3n) is 3.79. The van der Waals surface area contributed by atoms with Crippen molar-refractivity contribution in [2.75, 3.05) is 43.4 Å². The van der Waals surface area contributed by atoms with Gasteiger partial charge in [0, 0.05) is 32.2 Å². The molecule has 1 saturated heterocycles. The third-order valence-corrected chi connectivity index (χ3v) is 3.79. The Morgan fingerprint density at radius 2 is 1.91 bits per heavy atom. The molecule has 2 heterocycles. The second-order valence-corrected chi connectivity index (χ2v) is 5.33. The van der Waals surface area contributed by atoms with Gasteiger partial charge in [0.2, 0.25) is 0 Å². The van der Waals surface area contributed by atoms with E-state index in [-0.39, 0.29) is 0 Å². The summed E-state index contributed by atoms with van der Waals surface area (Å²) in [6, 6.07) is 11.5. The highest BCUT2D eigenvalue weighted by Crippen LogP contribution is 2.21. The minimum absolute atomic E-state index is 0.599. The normalized spacial score (nSPS) is 15.4. The minimum atomic E-state index is 0.599. The molecule has 3 rings (SSSR count). The fourth-order valence-electron chi connectivity index (χ4n) is 2.45. The zero-order valence-electron chi connectivity index (χ0n) is 12.5. The van der Waals surface area contributed by atoms with Crippen LogP contribution in [0.2, 0.25) is 0 Å². The van der Waals surface area contributed by atoms with Crippen LogP contribution in [0, 0.1) is 11.3 Å². The standard InChI is InChI=1S/C16H18N6/c1-21-6-8-22(9-7-21)16-10-15(18-12-19-16)20-14-5-3-2-4-13(14)11-17/h2-5,10,12H,6-9H2,1H3,(H,18,19,20). The van der Waals surface area contributed by atoms with Gasteiger partial charge in [-0.05, 0) is 19.2 Å². The molecule has 6 heteroatoms. The summed E-state index contributed by atoms with van der Waals surface area (Å²) in [7, 11) is 2.13. The molecule has 0 bridgehead atoms. The number of piperazine rings is 1. The topological polar surface area (TPSA) is 68.1 Å². The summed E-state index contributed by atoms with van der Waals surface area (Å²) in [6.07, 6.45) is 1.56. The van der Waals surface area contributed by atoms with E-state index in [1.165, 1.54) is 0 Å². The predicted octanol–water partition coefficient (Wildman–Crippen LogP) is 1.84. The van der Waals surface area contributed by atoms with Crippen molar-refractivity contribution in [3.8, 4) is 6.07 Å². The molecule has 1 N–H and O–H groups in total. The van der Waals surface area contributed by atoms with Crippen molar-refractivity contribution in [3.63, 3.8) is 0 Å². The Balaban J connectivity index is 1.78. The monoisotopic (exact) mass is 294 g/mol. The molecule has 1 aromatic carbocycles. The number of rotatable bonds is 3. The lowest BCUT2D eigenvalue weighted by molar-refractivity contribution is 0.312. The van der Waals surface area contributed by atoms with Gasteiger partial charge in [-0.3, -0.25) is 0 Å². The number of aromatic nitrogens is 2. The molecule has 0 spiro atoms. The minimum Gasteiger partial charge on any atom is -0.354 e. The SMILES string of the molecule is CN1CCN(c2cc(Nc3ccccc3C#N)ncn2)CC1. The van der Waals surface area contributed by atoms with Crippen LogP contribution in [-0.2, 0) is 0 Å². The van der Waals surface area contributed by atoms with Gasteiger partial charge in [0.1, 0.15) is 24.0 Å². The van der Waals surface area contributed by atoms with Crippen LogP contribution in [-0.4, -0.2) is 48.1 Å². The molecule has 0 saturated carbocycles. The molecule has 1 fully saturated rings. The fourth-order valence-corrected chi connectivity index (χ4v) is 2.45. The number of anilines is 3. The van der Waals surface area contributed by atoms with E-state index in [1.807, 2.05) is 24.3 Å². The molecule has 112 valence electrons. The third kappa shape index (κ3) is 3.15. The molecule has 0 aliphatic carbocycles. The van der Waals surface area contributed by atoms with Crippen LogP contribution in [0.15, 0.2) is 36.7 Å². The van der Waals surface area contributed by atoms with Gasteiger partial charge in [-0.25, -0.2) is 9.97 Å². The van der Waals surface area contributed by atoms with Crippen molar-refractivity contribution >= 4 is 17.3 Å². The highest BCUT2D eigenvalue weighted by atomic mass is 15.3. The van der Waals surface area contributed by atoms with Crippen LogP contribution in [0.3, 0.4) is 0 Å². The zero-order valence-corrected chi connectivity index (χ0v) is 12.5. The lowest BCUT2D eigenvalue weighted by Crippen LogP contribution is -2.44. The van der Waals surface area contributed by atoms with Crippen molar-refractivity contribution in [1.29, 1.82) is 5.26 Å². The summed E-state index contributed by atoms with van der Waals surface area (Å²) in [5, 5.41) is 12.3. The van der Waals surface area contributed by atoms with Crippen molar-refractivity contribution in [2.24, 2.45) is 0 Å². The number of benzene rings is 1. The molecule has 1 aliphatic heterocycles. The first-order valence-electron chi connectivity index (χ1n) is 7.28. The maximum Gasteiger partial charge on any atom is 0.135 e. The molecule has 22 heavy (non-hydrogen) atoms. The average Bonchev–Trinajstić information content (AvgIpc) is 2.56. The number of nitrogens with one attached hydrogen (secondary N) is 1. The quantitative estimate of drug-likeness (QED) is 0.931. The maximum absolute atomic E-state index is 9.14. The zero-order chi connectivity index (χ0) is 15.4. The van der Waals surface area contributed by atoms with Crippen molar-refractivity contribution in [1.82, 2.24) is 14.9 Å². The Morgan fingerprint density at radius 3 is 2.68 bits per heavy atom. The maximum atomic E-state index is 9.14. The molecule has 0 unspecified atom stereocenters. The average molecular weight is 294 g/mol. The Morgan fingerprint density at radius 1 is 1.14 bits per heavy atom. The smallest absolute Gasteiger partial charge is 0.135 e. The van der Waals surface area contributed by atoms with Gasteiger partial charge in [0.25, 0.3) is 0 Å². The molecular formula is C16H18N6. The number of para-hydroxylation sites is 1. The first kappa shape index (κ1) is 14.3. The van der Waals surface area contributed by atoms with Crippen molar-refractivity contribution in [3.05, 3.63) is 42.2 Å². The molecule has 1 aromatic heterocycles. The largest absolute Gasteiger partial charge is 0.354 e. The highest BCUT2D eigenvalue weighted by Gasteiger charge is 2.15. The number of nitriles is 1. The molecule has 6 nitrogen and oxygen atoms in total. The molecule has 0 amide bonds. The van der Waals surface area contributed by atoms with Crippen LogP contribution in [0.4, 0.5) is 17.3 Å². The van der Waals surface area contributed by atoms with E-state index >= 15 is 0 Å². The lowest BCUT2D eigenvalue weighted by Gasteiger charge is -2.33. The van der Waals surface area contributed by atoms with E-state index in [1.54, 1.807) is 12.4 Å². The summed E-state index contributed by atoms with van der Waals surface area (Å²) >= 11 is 0. The lowest BCUT2D eigenvalue weighted by atomic mass is 10.2. The Labute approximate surface area is 130 Å². The summed E-state index contributed by atoms with van der Waals surface area (Å²) in [5.41, 5.74) is 1.36. The van der Waals surface area contributed by atoms with Crippen LogP contribution in [0.5, 0.6) is 0 Å². The van der Waals surface area contributed by atoms with E-state index in [0.29, 0.717) is 11.4 Å². The van der Waals surface area contributed by atoms with Gasteiger partial charge >= 0.3 is 0 Å². The van der Waals surface area contributed by atoms with Gasteiger partial charge in [0.05, 0.1) is 11.3 Å². The van der Waals surface area contributed by atoms with Gasteiger partial charge in [-0.1, -0.05) is 12.1 Å². The number of nitrogens with zero attached hydrogens (tertiary/aromatic N) is 5. The van der Waals surface area contributed by atoms with E-state index in [4.69, 9.17) is 5.26 Å². The van der Waals surface area contributed by atoms with E-state index in [0.717, 1.165) is 37.7 Å². The molecule has 2 aromatic rings. The van der Waals surface area contributed by atoms with Crippen LogP contribution < -0.4 is 10.2 Å². The Bertz CT molecular complexity index is 685. The molecule has 0 atom stereocenters. The highest BCUT2D eigenvalue weighted by molar-refractivity contribution is 5.65. The van der Waals surface area contributed by atoms with Gasteiger partial charge < -0.3 is 15.1 Å². The van der Waals surface area contributed by atoms with E-state index < -0.39 is 0 Å². The first-order chi connectivity index (χ1) is 10.8. The van der Waals surface area contributed by atoms with E-state index in [9.17, 15) is 0 Å². The van der Waals surface area contributed by atoms with Gasteiger partial charge in [0.15, 0.2) is 0 Å². The van der Waals surface area contributed by atoms with Crippen LogP contribution in [0.1, 0.15) is 5.56 Å². The molecular weight excluding hydrogens is 276 g/mol. The summed E-state index contributed by atoms with van der Waals surface area (Å²) < 4.78 is 0. The van der Waals surface area contributed by atoms with Crippen molar-refractivity contribution in [2.45, 2.75) is 0 Å². The number of likely N-dealkylation sites (N-methyl/N-ethyl adjacent to an activating group) is 1. The van der Waals surface area contributed by atoms with E-state index in [2.05, 4.69) is 38.2 Å². The Kier molecular flexibility index (Phi) is 4.17. The van der Waals surface area contributed by atoms with Crippen LogP contribution >= 0.6 is 0 Å². The summed E-state index contributed by atoms with van der Waals surface area (Å²) in [4.78, 5) is 13.2. The number of hydrogen-bond acceptors (Lipinski definition) is 6. The van der Waals surface area contributed by atoms with Gasteiger partial charge in [-0.15, -0.1) is 0 Å². The molecule has 0 radical (unpaired) electrons. The predicted molar refractivity (Wildman–Crippen MR) is 86.2 cm³/mol. The second kappa shape index (κ2) is 6.41. The number of hydrogen-bond donors (Lipinski definition) is 1. The Hall–Kier alpha value is -2.65. The fraction of sp³-hybridized carbons (Fsp3) is 0.312.